The Labute approximate surface area is 79.8 Å². The normalized spacial score (nSPS) is 24.3. The highest BCUT2D eigenvalue weighted by Gasteiger charge is 2.24. The molecule has 2 atom stereocenters. The summed E-state index contributed by atoms with van der Waals surface area (Å²) in [6, 6.07) is -0.0423. The number of esters is 1. The summed E-state index contributed by atoms with van der Waals surface area (Å²) >= 11 is 0. The molecule has 3 nitrogen and oxygen atoms in total. The van der Waals surface area contributed by atoms with Crippen LogP contribution in [0.3, 0.4) is 0 Å². The van der Waals surface area contributed by atoms with Crippen molar-refractivity contribution in [1.29, 1.82) is 0 Å². The van der Waals surface area contributed by atoms with Gasteiger partial charge < -0.3 is 10.1 Å². The molecule has 1 aliphatic rings. The third-order valence-electron chi connectivity index (χ3n) is 2.36. The molecule has 0 aromatic carbocycles. The standard InChI is InChI=1S/C10H19NO2/c1-3-5-8(2)13-10(12)9-6-4-7-11-9/h8-9,11H,3-7H2,1-2H3/t8?,9-/m1/s1. The first-order valence-corrected chi connectivity index (χ1v) is 5.18. The Morgan fingerprint density at radius 1 is 1.69 bits per heavy atom. The van der Waals surface area contributed by atoms with Crippen molar-refractivity contribution >= 4 is 5.97 Å². The third kappa shape index (κ3) is 3.35. The Morgan fingerprint density at radius 2 is 2.46 bits per heavy atom. The highest BCUT2D eigenvalue weighted by atomic mass is 16.5. The zero-order chi connectivity index (χ0) is 9.68. The molecule has 0 spiro atoms. The van der Waals surface area contributed by atoms with Crippen molar-refractivity contribution in [2.45, 2.75) is 51.7 Å². The van der Waals surface area contributed by atoms with Gasteiger partial charge in [-0.25, -0.2) is 0 Å². The Kier molecular flexibility index (Phi) is 4.22. The SMILES string of the molecule is CCCC(C)OC(=O)[C@H]1CCCN1. The minimum Gasteiger partial charge on any atom is -0.462 e. The molecule has 76 valence electrons. The molecule has 3 heteroatoms. The average molecular weight is 185 g/mol. The molecule has 1 unspecified atom stereocenters. The van der Waals surface area contributed by atoms with E-state index >= 15 is 0 Å². The molecule has 0 bridgehead atoms. The van der Waals surface area contributed by atoms with Crippen molar-refractivity contribution in [2.75, 3.05) is 6.54 Å². The van der Waals surface area contributed by atoms with Crippen LogP contribution < -0.4 is 5.32 Å². The number of nitrogens with one attached hydrogen (secondary N) is 1. The maximum atomic E-state index is 11.4. The van der Waals surface area contributed by atoms with Crippen LogP contribution >= 0.6 is 0 Å². The quantitative estimate of drug-likeness (QED) is 0.674. The Bertz CT molecular complexity index is 164. The van der Waals surface area contributed by atoms with Crippen molar-refractivity contribution in [3.05, 3.63) is 0 Å². The number of ether oxygens (including phenoxy) is 1. The number of carbonyl (C=O) groups excluding carboxylic acids is 1. The summed E-state index contributed by atoms with van der Waals surface area (Å²) in [6.45, 7) is 5.00. The van der Waals surface area contributed by atoms with E-state index < -0.39 is 0 Å². The highest BCUT2D eigenvalue weighted by molar-refractivity contribution is 5.76. The zero-order valence-electron chi connectivity index (χ0n) is 8.51. The van der Waals surface area contributed by atoms with E-state index in [0.29, 0.717) is 0 Å². The maximum Gasteiger partial charge on any atom is 0.323 e. The van der Waals surface area contributed by atoms with Crippen molar-refractivity contribution in [3.8, 4) is 0 Å². The summed E-state index contributed by atoms with van der Waals surface area (Å²) in [5.41, 5.74) is 0. The fourth-order valence-electron chi connectivity index (χ4n) is 1.63. The van der Waals surface area contributed by atoms with E-state index in [2.05, 4.69) is 12.2 Å². The summed E-state index contributed by atoms with van der Waals surface area (Å²) in [4.78, 5) is 11.4. The Hall–Kier alpha value is -0.570. The lowest BCUT2D eigenvalue weighted by atomic mass is 10.2. The average Bonchev–Trinajstić information content (AvgIpc) is 2.55. The van der Waals surface area contributed by atoms with Gasteiger partial charge in [0.2, 0.25) is 0 Å². The smallest absolute Gasteiger partial charge is 0.323 e. The molecule has 1 saturated heterocycles. The van der Waals surface area contributed by atoms with Gasteiger partial charge in [0.05, 0.1) is 6.10 Å². The van der Waals surface area contributed by atoms with Crippen LogP contribution in [0.25, 0.3) is 0 Å². The van der Waals surface area contributed by atoms with E-state index in [1.807, 2.05) is 6.92 Å². The molecule has 1 N–H and O–H groups in total. The molecule has 0 radical (unpaired) electrons. The van der Waals surface area contributed by atoms with Gasteiger partial charge in [-0.1, -0.05) is 13.3 Å². The highest BCUT2D eigenvalue weighted by Crippen LogP contribution is 2.09. The van der Waals surface area contributed by atoms with Crippen LogP contribution in [0, 0.1) is 0 Å². The monoisotopic (exact) mass is 185 g/mol. The first-order valence-electron chi connectivity index (χ1n) is 5.18. The topological polar surface area (TPSA) is 38.3 Å². The van der Waals surface area contributed by atoms with E-state index in [1.165, 1.54) is 0 Å². The van der Waals surface area contributed by atoms with Gasteiger partial charge in [-0.2, -0.15) is 0 Å². The minimum atomic E-state index is -0.0709. The molecule has 0 aromatic rings. The molecule has 0 aliphatic carbocycles. The van der Waals surface area contributed by atoms with Crippen LogP contribution in [0.2, 0.25) is 0 Å². The second-order valence-corrected chi connectivity index (χ2v) is 3.69. The van der Waals surface area contributed by atoms with Crippen LogP contribution in [0.4, 0.5) is 0 Å². The number of carbonyl (C=O) groups is 1. The molecular weight excluding hydrogens is 166 g/mol. The Balaban J connectivity index is 2.23. The van der Waals surface area contributed by atoms with Crippen LogP contribution in [-0.2, 0) is 9.53 Å². The predicted molar refractivity (Wildman–Crippen MR) is 51.5 cm³/mol. The van der Waals surface area contributed by atoms with E-state index in [9.17, 15) is 4.79 Å². The van der Waals surface area contributed by atoms with Gasteiger partial charge in [-0.05, 0) is 32.7 Å². The van der Waals surface area contributed by atoms with Gasteiger partial charge in [-0.3, -0.25) is 4.79 Å². The van der Waals surface area contributed by atoms with Gasteiger partial charge in [0.25, 0.3) is 0 Å². The second kappa shape index (κ2) is 5.22. The first kappa shape index (κ1) is 10.5. The second-order valence-electron chi connectivity index (χ2n) is 3.69. The zero-order valence-corrected chi connectivity index (χ0v) is 8.51. The largest absolute Gasteiger partial charge is 0.462 e. The van der Waals surface area contributed by atoms with Gasteiger partial charge in [0.15, 0.2) is 0 Å². The summed E-state index contributed by atoms with van der Waals surface area (Å²) in [5.74, 6) is -0.0709. The molecule has 1 heterocycles. The van der Waals surface area contributed by atoms with Crippen molar-refractivity contribution in [3.63, 3.8) is 0 Å². The van der Waals surface area contributed by atoms with Crippen molar-refractivity contribution in [1.82, 2.24) is 5.32 Å². The van der Waals surface area contributed by atoms with E-state index in [1.54, 1.807) is 0 Å². The number of hydrogen-bond acceptors (Lipinski definition) is 3. The lowest BCUT2D eigenvalue weighted by Gasteiger charge is -2.15. The molecule has 0 amide bonds. The lowest BCUT2D eigenvalue weighted by Crippen LogP contribution is -2.34. The van der Waals surface area contributed by atoms with Gasteiger partial charge >= 0.3 is 5.97 Å². The molecule has 13 heavy (non-hydrogen) atoms. The first-order chi connectivity index (χ1) is 6.24. The van der Waals surface area contributed by atoms with Crippen molar-refractivity contribution < 1.29 is 9.53 Å². The fourth-order valence-corrected chi connectivity index (χ4v) is 1.63. The van der Waals surface area contributed by atoms with Crippen LogP contribution in [-0.4, -0.2) is 24.7 Å². The summed E-state index contributed by atoms with van der Waals surface area (Å²) in [6.07, 6.45) is 4.10. The maximum absolute atomic E-state index is 11.4. The summed E-state index contributed by atoms with van der Waals surface area (Å²) in [5, 5.41) is 3.13. The molecule has 0 saturated carbocycles. The molecule has 1 aliphatic heterocycles. The van der Waals surface area contributed by atoms with E-state index in [4.69, 9.17) is 4.74 Å². The minimum absolute atomic E-state index is 0.0423. The predicted octanol–water partition coefficient (Wildman–Crippen LogP) is 1.47. The van der Waals surface area contributed by atoms with Gasteiger partial charge in [0.1, 0.15) is 6.04 Å². The molecule has 1 fully saturated rings. The lowest BCUT2D eigenvalue weighted by molar-refractivity contribution is -0.150. The van der Waals surface area contributed by atoms with Crippen LogP contribution in [0.1, 0.15) is 39.5 Å². The third-order valence-corrected chi connectivity index (χ3v) is 2.36. The van der Waals surface area contributed by atoms with E-state index in [-0.39, 0.29) is 18.1 Å². The van der Waals surface area contributed by atoms with Crippen molar-refractivity contribution in [2.24, 2.45) is 0 Å². The van der Waals surface area contributed by atoms with Gasteiger partial charge in [0, 0.05) is 0 Å². The Morgan fingerprint density at radius 3 is 3.00 bits per heavy atom. The van der Waals surface area contributed by atoms with Gasteiger partial charge in [-0.15, -0.1) is 0 Å². The molecule has 1 rings (SSSR count). The summed E-state index contributed by atoms with van der Waals surface area (Å²) in [7, 11) is 0. The van der Waals surface area contributed by atoms with Crippen LogP contribution in [0.15, 0.2) is 0 Å². The van der Waals surface area contributed by atoms with Crippen LogP contribution in [0.5, 0.6) is 0 Å². The summed E-state index contributed by atoms with van der Waals surface area (Å²) < 4.78 is 5.27. The number of rotatable bonds is 4. The fraction of sp³-hybridized carbons (Fsp3) is 0.900. The van der Waals surface area contributed by atoms with E-state index in [0.717, 1.165) is 32.2 Å². The number of hydrogen-bond donors (Lipinski definition) is 1. The molecule has 0 aromatic heterocycles. The molecular formula is C10H19NO2.